The van der Waals surface area contributed by atoms with Crippen molar-refractivity contribution in [1.82, 2.24) is 5.32 Å². The van der Waals surface area contributed by atoms with Gasteiger partial charge in [0.1, 0.15) is 5.82 Å². The van der Waals surface area contributed by atoms with E-state index in [4.69, 9.17) is 0 Å². The summed E-state index contributed by atoms with van der Waals surface area (Å²) in [6.07, 6.45) is 0. The van der Waals surface area contributed by atoms with E-state index in [0.29, 0.717) is 11.0 Å². The average molecular weight is 353 g/mol. The molecule has 0 aromatic heterocycles. The van der Waals surface area contributed by atoms with Crippen molar-refractivity contribution in [3.05, 3.63) is 74.0 Å². The fourth-order valence-electron chi connectivity index (χ4n) is 1.98. The minimum absolute atomic E-state index is 0.0173. The highest BCUT2D eigenvalue weighted by molar-refractivity contribution is 9.10. The summed E-state index contributed by atoms with van der Waals surface area (Å²) in [5.74, 6) is -0.270. The summed E-state index contributed by atoms with van der Waals surface area (Å²) in [5.41, 5.74) is 1.82. The van der Waals surface area contributed by atoms with Gasteiger partial charge in [0.05, 0.1) is 4.92 Å². The van der Waals surface area contributed by atoms with Crippen molar-refractivity contribution in [3.63, 3.8) is 0 Å². The predicted molar refractivity (Wildman–Crippen MR) is 82.5 cm³/mol. The van der Waals surface area contributed by atoms with Gasteiger partial charge < -0.3 is 5.32 Å². The number of hydrogen-bond donors (Lipinski definition) is 1. The molecule has 4 nitrogen and oxygen atoms in total. The van der Waals surface area contributed by atoms with Crippen LogP contribution in [0, 0.1) is 15.9 Å². The molecule has 0 amide bonds. The molecule has 2 rings (SSSR count). The molecule has 21 heavy (non-hydrogen) atoms. The van der Waals surface area contributed by atoms with Crippen molar-refractivity contribution in [3.8, 4) is 0 Å². The minimum Gasteiger partial charge on any atom is -0.306 e. The molecular weight excluding hydrogens is 339 g/mol. The van der Waals surface area contributed by atoms with Crippen molar-refractivity contribution in [2.24, 2.45) is 0 Å². The van der Waals surface area contributed by atoms with E-state index in [2.05, 4.69) is 21.2 Å². The molecule has 0 fully saturated rings. The molecule has 0 spiro atoms. The summed E-state index contributed by atoms with van der Waals surface area (Å²) >= 11 is 3.27. The molecule has 0 aliphatic heterocycles. The van der Waals surface area contributed by atoms with Crippen LogP contribution in [0.1, 0.15) is 24.1 Å². The van der Waals surface area contributed by atoms with E-state index in [-0.39, 0.29) is 17.5 Å². The number of nitrogens with zero attached hydrogens (tertiary/aromatic N) is 1. The molecule has 1 N–H and O–H groups in total. The van der Waals surface area contributed by atoms with Crippen LogP contribution in [0.4, 0.5) is 10.1 Å². The Balaban J connectivity index is 2.05. The van der Waals surface area contributed by atoms with Crippen LogP contribution < -0.4 is 5.32 Å². The third-order valence-corrected chi connectivity index (χ3v) is 3.59. The largest absolute Gasteiger partial charge is 0.306 e. The Labute approximate surface area is 130 Å². The van der Waals surface area contributed by atoms with Crippen LogP contribution in [0.25, 0.3) is 0 Å². The van der Waals surface area contributed by atoms with Crippen LogP contribution in [0.2, 0.25) is 0 Å². The molecule has 0 saturated carbocycles. The summed E-state index contributed by atoms with van der Waals surface area (Å²) in [6.45, 7) is 2.44. The molecule has 0 aliphatic rings. The first kappa shape index (κ1) is 15.6. The van der Waals surface area contributed by atoms with Gasteiger partial charge in [-0.05, 0) is 36.2 Å². The zero-order chi connectivity index (χ0) is 15.4. The van der Waals surface area contributed by atoms with E-state index in [1.165, 1.54) is 24.3 Å². The molecule has 0 saturated heterocycles. The second-order valence-electron chi connectivity index (χ2n) is 4.73. The highest BCUT2D eigenvalue weighted by atomic mass is 79.9. The van der Waals surface area contributed by atoms with Crippen LogP contribution in [0.15, 0.2) is 46.9 Å². The van der Waals surface area contributed by atoms with Gasteiger partial charge in [0.25, 0.3) is 5.69 Å². The number of nitro benzene ring substituents is 1. The van der Waals surface area contributed by atoms with E-state index in [1.54, 1.807) is 12.1 Å². The van der Waals surface area contributed by atoms with E-state index in [1.807, 2.05) is 13.0 Å². The molecule has 110 valence electrons. The Morgan fingerprint density at radius 3 is 2.57 bits per heavy atom. The topological polar surface area (TPSA) is 55.2 Å². The van der Waals surface area contributed by atoms with Gasteiger partial charge in [-0.3, -0.25) is 10.1 Å². The third kappa shape index (κ3) is 4.34. The number of nitrogens with one attached hydrogen (secondary N) is 1. The lowest BCUT2D eigenvalue weighted by molar-refractivity contribution is -0.385. The second kappa shape index (κ2) is 6.78. The normalized spacial score (nSPS) is 12.1. The lowest BCUT2D eigenvalue weighted by Crippen LogP contribution is -2.18. The number of rotatable bonds is 5. The van der Waals surface area contributed by atoms with E-state index < -0.39 is 4.92 Å². The Hall–Kier alpha value is -1.79. The summed E-state index contributed by atoms with van der Waals surface area (Å²) in [5, 5.41) is 14.1. The van der Waals surface area contributed by atoms with Gasteiger partial charge in [-0.2, -0.15) is 0 Å². The SMILES string of the molecule is CC(NCc1cc(Br)cc([N+](=O)[O-])c1)c1ccc(F)cc1. The number of non-ortho nitro benzene ring substituents is 1. The van der Waals surface area contributed by atoms with Crippen LogP contribution in [0.3, 0.4) is 0 Å². The highest BCUT2D eigenvalue weighted by Crippen LogP contribution is 2.22. The Morgan fingerprint density at radius 1 is 1.29 bits per heavy atom. The molecule has 0 heterocycles. The predicted octanol–water partition coefficient (Wildman–Crippen LogP) is 4.35. The first-order chi connectivity index (χ1) is 9.95. The smallest absolute Gasteiger partial charge is 0.270 e. The van der Waals surface area contributed by atoms with Gasteiger partial charge in [-0.1, -0.05) is 28.1 Å². The Morgan fingerprint density at radius 2 is 1.95 bits per heavy atom. The lowest BCUT2D eigenvalue weighted by Gasteiger charge is -2.14. The Bertz CT molecular complexity index is 647. The first-order valence-electron chi connectivity index (χ1n) is 6.38. The van der Waals surface area contributed by atoms with Gasteiger partial charge in [0, 0.05) is 29.2 Å². The maximum absolute atomic E-state index is 12.9. The van der Waals surface area contributed by atoms with Gasteiger partial charge in [-0.25, -0.2) is 4.39 Å². The van der Waals surface area contributed by atoms with E-state index in [9.17, 15) is 14.5 Å². The Kier molecular flexibility index (Phi) is 5.03. The van der Waals surface area contributed by atoms with Gasteiger partial charge in [-0.15, -0.1) is 0 Å². The van der Waals surface area contributed by atoms with Crippen molar-refractivity contribution in [2.75, 3.05) is 0 Å². The van der Waals surface area contributed by atoms with Crippen LogP contribution in [-0.4, -0.2) is 4.92 Å². The van der Waals surface area contributed by atoms with Crippen molar-refractivity contribution in [2.45, 2.75) is 19.5 Å². The van der Waals surface area contributed by atoms with Gasteiger partial charge >= 0.3 is 0 Å². The lowest BCUT2D eigenvalue weighted by atomic mass is 10.1. The van der Waals surface area contributed by atoms with E-state index >= 15 is 0 Å². The number of hydrogen-bond acceptors (Lipinski definition) is 3. The van der Waals surface area contributed by atoms with Crippen LogP contribution in [0.5, 0.6) is 0 Å². The number of benzene rings is 2. The summed E-state index contributed by atoms with van der Waals surface area (Å²) < 4.78 is 13.5. The van der Waals surface area contributed by atoms with Gasteiger partial charge in [0.15, 0.2) is 0 Å². The molecule has 1 unspecified atom stereocenters. The molecule has 2 aromatic rings. The van der Waals surface area contributed by atoms with Crippen molar-refractivity contribution >= 4 is 21.6 Å². The monoisotopic (exact) mass is 352 g/mol. The fourth-order valence-corrected chi connectivity index (χ4v) is 2.51. The summed E-state index contributed by atoms with van der Waals surface area (Å²) in [4.78, 5) is 10.4. The second-order valence-corrected chi connectivity index (χ2v) is 5.64. The molecule has 0 bridgehead atoms. The van der Waals surface area contributed by atoms with Crippen molar-refractivity contribution < 1.29 is 9.31 Å². The maximum atomic E-state index is 12.9. The quantitative estimate of drug-likeness (QED) is 0.642. The van der Waals surface area contributed by atoms with E-state index in [0.717, 1.165) is 11.1 Å². The highest BCUT2D eigenvalue weighted by Gasteiger charge is 2.10. The molecule has 1 atom stereocenters. The van der Waals surface area contributed by atoms with Crippen molar-refractivity contribution in [1.29, 1.82) is 0 Å². The summed E-state index contributed by atoms with van der Waals surface area (Å²) in [7, 11) is 0. The first-order valence-corrected chi connectivity index (χ1v) is 7.17. The molecule has 0 aliphatic carbocycles. The zero-order valence-corrected chi connectivity index (χ0v) is 12.9. The molecular formula is C15H14BrFN2O2. The van der Waals surface area contributed by atoms with Crippen LogP contribution in [-0.2, 0) is 6.54 Å². The fraction of sp³-hybridized carbons (Fsp3) is 0.200. The van der Waals surface area contributed by atoms with Crippen LogP contribution >= 0.6 is 15.9 Å². The van der Waals surface area contributed by atoms with Gasteiger partial charge in [0.2, 0.25) is 0 Å². The molecule has 2 aromatic carbocycles. The average Bonchev–Trinajstić information content (AvgIpc) is 2.45. The molecule has 6 heteroatoms. The third-order valence-electron chi connectivity index (χ3n) is 3.14. The summed E-state index contributed by atoms with van der Waals surface area (Å²) in [6, 6.07) is 11.1. The standard InChI is InChI=1S/C15H14BrFN2O2/c1-10(12-2-4-14(17)5-3-12)18-9-11-6-13(16)8-15(7-11)19(20)21/h2-8,10,18H,9H2,1H3. The minimum atomic E-state index is -0.419. The molecule has 0 radical (unpaired) electrons. The maximum Gasteiger partial charge on any atom is 0.270 e. The number of nitro groups is 1. The number of halogens is 2. The zero-order valence-electron chi connectivity index (χ0n) is 11.3.